The summed E-state index contributed by atoms with van der Waals surface area (Å²) in [7, 11) is 3.41. The molecule has 0 spiro atoms. The summed E-state index contributed by atoms with van der Waals surface area (Å²) in [6, 6.07) is 8.33. The van der Waals surface area contributed by atoms with Gasteiger partial charge in [0.25, 0.3) is 0 Å². The molecule has 1 aliphatic carbocycles. The van der Waals surface area contributed by atoms with Crippen LogP contribution in [0.5, 0.6) is 0 Å². The molecular weight excluding hydrogens is 294 g/mol. The van der Waals surface area contributed by atoms with Gasteiger partial charge in [-0.25, -0.2) is 4.79 Å². The molecule has 1 aliphatic heterocycles. The summed E-state index contributed by atoms with van der Waals surface area (Å²) in [5.41, 5.74) is 2.24. The molecule has 1 aromatic carbocycles. The number of nitrogens with zero attached hydrogens (tertiary/aromatic N) is 1. The fourth-order valence-electron chi connectivity index (χ4n) is 3.56. The molecule has 5 heteroatoms. The van der Waals surface area contributed by atoms with Crippen molar-refractivity contribution in [3.8, 4) is 0 Å². The van der Waals surface area contributed by atoms with E-state index in [1.54, 1.807) is 19.1 Å². The first-order valence-electron chi connectivity index (χ1n) is 8.31. The van der Waals surface area contributed by atoms with Gasteiger partial charge in [-0.2, -0.15) is 0 Å². The first-order valence-corrected chi connectivity index (χ1v) is 8.31. The van der Waals surface area contributed by atoms with E-state index >= 15 is 0 Å². The summed E-state index contributed by atoms with van der Waals surface area (Å²) < 4.78 is 15.8. The average Bonchev–Trinajstić information content (AvgIpc) is 2.96. The Hall–Kier alpha value is -1.59. The van der Waals surface area contributed by atoms with Crippen LogP contribution in [0.3, 0.4) is 0 Å². The van der Waals surface area contributed by atoms with Crippen LogP contribution in [0.2, 0.25) is 0 Å². The largest absolute Gasteiger partial charge is 0.441 e. The van der Waals surface area contributed by atoms with E-state index in [4.69, 9.17) is 14.2 Å². The molecule has 1 saturated heterocycles. The van der Waals surface area contributed by atoms with Crippen LogP contribution in [0.25, 0.3) is 0 Å². The monoisotopic (exact) mass is 319 g/mol. The second-order valence-corrected chi connectivity index (χ2v) is 6.37. The lowest BCUT2D eigenvalue weighted by molar-refractivity contribution is 0.0658. The van der Waals surface area contributed by atoms with Crippen molar-refractivity contribution >= 4 is 11.8 Å². The summed E-state index contributed by atoms with van der Waals surface area (Å²) in [5.74, 6) is 0.599. The number of amides is 1. The number of benzene rings is 1. The van der Waals surface area contributed by atoms with E-state index in [1.165, 1.54) is 18.4 Å². The van der Waals surface area contributed by atoms with Gasteiger partial charge in [-0.05, 0) is 49.3 Å². The molecule has 1 atom stereocenters. The Balaban J connectivity index is 1.62. The summed E-state index contributed by atoms with van der Waals surface area (Å²) in [5, 5.41) is 0. The number of methoxy groups -OCH3 is 2. The van der Waals surface area contributed by atoms with Crippen LogP contribution in [0.1, 0.15) is 37.2 Å². The molecular formula is C18H25NO4. The lowest BCUT2D eigenvalue weighted by Gasteiger charge is -2.28. The van der Waals surface area contributed by atoms with E-state index < -0.39 is 0 Å². The van der Waals surface area contributed by atoms with Gasteiger partial charge in [0.15, 0.2) is 0 Å². The first kappa shape index (κ1) is 16.3. The van der Waals surface area contributed by atoms with Gasteiger partial charge in [-0.3, -0.25) is 4.90 Å². The Morgan fingerprint density at radius 1 is 1.13 bits per heavy atom. The zero-order valence-electron chi connectivity index (χ0n) is 13.9. The van der Waals surface area contributed by atoms with E-state index in [9.17, 15) is 4.79 Å². The molecule has 0 N–H and O–H groups in total. The third kappa shape index (κ3) is 3.67. The smallest absolute Gasteiger partial charge is 0.414 e. The Morgan fingerprint density at radius 2 is 1.83 bits per heavy atom. The zero-order chi connectivity index (χ0) is 16.2. The lowest BCUT2D eigenvalue weighted by atomic mass is 9.83. The predicted molar refractivity (Wildman–Crippen MR) is 87.9 cm³/mol. The maximum absolute atomic E-state index is 11.9. The van der Waals surface area contributed by atoms with Crippen molar-refractivity contribution in [1.82, 2.24) is 0 Å². The third-order valence-electron chi connectivity index (χ3n) is 4.91. The molecule has 0 aromatic heterocycles. The van der Waals surface area contributed by atoms with E-state index in [2.05, 4.69) is 12.1 Å². The molecule has 0 unspecified atom stereocenters. The van der Waals surface area contributed by atoms with Gasteiger partial charge < -0.3 is 14.2 Å². The molecule has 2 aliphatic rings. The molecule has 2 fully saturated rings. The molecule has 126 valence electrons. The number of carbonyl (C=O) groups is 1. The maximum Gasteiger partial charge on any atom is 0.414 e. The highest BCUT2D eigenvalue weighted by molar-refractivity contribution is 5.89. The molecule has 1 amide bonds. The SMILES string of the molecule is COC[C@H]1CN(c2ccc([C@H]3CC[C@H](OC)CC3)cc2)C(=O)O1. The number of hydrogen-bond donors (Lipinski definition) is 0. The molecule has 0 radical (unpaired) electrons. The summed E-state index contributed by atoms with van der Waals surface area (Å²) in [6.45, 7) is 0.980. The number of ether oxygens (including phenoxy) is 3. The highest BCUT2D eigenvalue weighted by Gasteiger charge is 2.32. The summed E-state index contributed by atoms with van der Waals surface area (Å²) >= 11 is 0. The van der Waals surface area contributed by atoms with Gasteiger partial charge in [-0.15, -0.1) is 0 Å². The predicted octanol–water partition coefficient (Wildman–Crippen LogP) is 3.33. The topological polar surface area (TPSA) is 48.0 Å². The van der Waals surface area contributed by atoms with Gasteiger partial charge in [-0.1, -0.05) is 12.1 Å². The molecule has 1 heterocycles. The molecule has 1 aromatic rings. The molecule has 3 rings (SSSR count). The summed E-state index contributed by atoms with van der Waals surface area (Å²) in [4.78, 5) is 13.6. The minimum Gasteiger partial charge on any atom is -0.441 e. The second kappa shape index (κ2) is 7.32. The Morgan fingerprint density at radius 3 is 2.43 bits per heavy atom. The minimum absolute atomic E-state index is 0.184. The second-order valence-electron chi connectivity index (χ2n) is 6.37. The Kier molecular flexibility index (Phi) is 5.18. The Labute approximate surface area is 137 Å². The number of carbonyl (C=O) groups excluding carboxylic acids is 1. The van der Waals surface area contributed by atoms with Crippen molar-refractivity contribution in [2.45, 2.75) is 43.8 Å². The fraction of sp³-hybridized carbons (Fsp3) is 0.611. The van der Waals surface area contributed by atoms with Gasteiger partial charge in [0.05, 0.1) is 19.3 Å². The normalized spacial score (nSPS) is 28.0. The van der Waals surface area contributed by atoms with Crippen LogP contribution in [0.15, 0.2) is 24.3 Å². The van der Waals surface area contributed by atoms with Crippen molar-refractivity contribution in [3.05, 3.63) is 29.8 Å². The first-order chi connectivity index (χ1) is 11.2. The maximum atomic E-state index is 11.9. The zero-order valence-corrected chi connectivity index (χ0v) is 13.9. The van der Waals surface area contributed by atoms with Crippen LogP contribution in [-0.2, 0) is 14.2 Å². The van der Waals surface area contributed by atoms with Crippen molar-refractivity contribution < 1.29 is 19.0 Å². The highest BCUT2D eigenvalue weighted by atomic mass is 16.6. The minimum atomic E-state index is -0.291. The van der Waals surface area contributed by atoms with Crippen LogP contribution in [-0.4, -0.2) is 45.7 Å². The van der Waals surface area contributed by atoms with Crippen LogP contribution in [0, 0.1) is 0 Å². The average molecular weight is 319 g/mol. The van der Waals surface area contributed by atoms with Crippen molar-refractivity contribution in [2.24, 2.45) is 0 Å². The van der Waals surface area contributed by atoms with Crippen molar-refractivity contribution in [2.75, 3.05) is 32.3 Å². The van der Waals surface area contributed by atoms with Gasteiger partial charge in [0, 0.05) is 19.9 Å². The van der Waals surface area contributed by atoms with Gasteiger partial charge in [0.1, 0.15) is 6.10 Å². The number of hydrogen-bond acceptors (Lipinski definition) is 4. The molecule has 23 heavy (non-hydrogen) atoms. The third-order valence-corrected chi connectivity index (χ3v) is 4.91. The van der Waals surface area contributed by atoms with Crippen molar-refractivity contribution in [3.63, 3.8) is 0 Å². The molecule has 5 nitrogen and oxygen atoms in total. The quantitative estimate of drug-likeness (QED) is 0.835. The van der Waals surface area contributed by atoms with Crippen LogP contribution in [0.4, 0.5) is 10.5 Å². The van der Waals surface area contributed by atoms with E-state index in [0.717, 1.165) is 18.5 Å². The van der Waals surface area contributed by atoms with E-state index in [1.807, 2.05) is 12.1 Å². The van der Waals surface area contributed by atoms with Crippen LogP contribution >= 0.6 is 0 Å². The van der Waals surface area contributed by atoms with Gasteiger partial charge >= 0.3 is 6.09 Å². The number of cyclic esters (lactones) is 1. The summed E-state index contributed by atoms with van der Waals surface area (Å²) in [6.07, 6.45) is 4.53. The lowest BCUT2D eigenvalue weighted by Crippen LogP contribution is -2.25. The standard InChI is InChI=1S/C18H25NO4/c1-21-12-17-11-19(18(20)23-17)15-7-3-13(4-8-15)14-5-9-16(22-2)10-6-14/h3-4,7-8,14,16-17H,5-6,9-12H2,1-2H3/t14-,16-,17-/m1/s1. The fourth-order valence-corrected chi connectivity index (χ4v) is 3.56. The van der Waals surface area contributed by atoms with E-state index in [0.29, 0.717) is 25.2 Å². The van der Waals surface area contributed by atoms with E-state index in [-0.39, 0.29) is 12.2 Å². The molecule has 0 bridgehead atoms. The number of anilines is 1. The van der Waals surface area contributed by atoms with Gasteiger partial charge in [0.2, 0.25) is 0 Å². The highest BCUT2D eigenvalue weighted by Crippen LogP contribution is 2.34. The van der Waals surface area contributed by atoms with Crippen molar-refractivity contribution in [1.29, 1.82) is 0 Å². The number of rotatable bonds is 5. The molecule has 1 saturated carbocycles. The van der Waals surface area contributed by atoms with Crippen LogP contribution < -0.4 is 4.90 Å². The Bertz CT molecular complexity index is 522.